The van der Waals surface area contributed by atoms with Gasteiger partial charge in [-0.05, 0) is 106 Å². The topological polar surface area (TPSA) is 43.4 Å². The lowest BCUT2D eigenvalue weighted by atomic mass is 9.44. The Balaban J connectivity index is 1.59. The van der Waals surface area contributed by atoms with Gasteiger partial charge in [0.15, 0.2) is 0 Å². The van der Waals surface area contributed by atoms with Gasteiger partial charge in [0.05, 0.1) is 5.41 Å². The number of ketones is 1. The second-order valence-electron chi connectivity index (χ2n) is 15.0. The highest BCUT2D eigenvalue weighted by Gasteiger charge is 2.63. The summed E-state index contributed by atoms with van der Waals surface area (Å²) < 4.78 is 14.9. The minimum Gasteiger partial charge on any atom is -0.462 e. The Morgan fingerprint density at radius 2 is 1.71 bits per heavy atom. The second-order valence-corrected chi connectivity index (χ2v) is 15.0. The molecule has 4 rings (SSSR count). The van der Waals surface area contributed by atoms with Gasteiger partial charge in [0, 0.05) is 20.1 Å². The van der Waals surface area contributed by atoms with Gasteiger partial charge in [0.1, 0.15) is 11.9 Å². The van der Waals surface area contributed by atoms with Crippen molar-refractivity contribution >= 4 is 11.8 Å². The summed E-state index contributed by atoms with van der Waals surface area (Å²) in [6, 6.07) is 0. The van der Waals surface area contributed by atoms with Crippen LogP contribution >= 0.6 is 0 Å². The molecule has 4 fully saturated rings. The minimum atomic E-state index is -0.616. The quantitative estimate of drug-likeness (QED) is 0.354. The summed E-state index contributed by atoms with van der Waals surface area (Å²) in [5.41, 5.74) is -0.270. The summed E-state index contributed by atoms with van der Waals surface area (Å²) in [7, 11) is 0. The number of carbonyl (C=O) groups excluding carboxylic acids is 2. The van der Waals surface area contributed by atoms with Crippen LogP contribution in [0.15, 0.2) is 0 Å². The first-order valence-corrected chi connectivity index (χ1v) is 14.8. The molecule has 0 bridgehead atoms. The molecular formula is C32H54O3. The van der Waals surface area contributed by atoms with Gasteiger partial charge in [0.25, 0.3) is 0 Å². The van der Waals surface area contributed by atoms with Crippen molar-refractivity contribution in [3.63, 3.8) is 0 Å². The fourth-order valence-electron chi connectivity index (χ4n) is 9.34. The van der Waals surface area contributed by atoms with Gasteiger partial charge < -0.3 is 4.74 Å². The molecule has 0 aromatic rings. The maximum atomic E-state index is 13.1. The number of esters is 1. The normalized spacial score (nSPS) is 44.8. The highest BCUT2D eigenvalue weighted by Crippen LogP contribution is 2.68. The van der Waals surface area contributed by atoms with E-state index in [9.17, 15) is 9.59 Å². The van der Waals surface area contributed by atoms with Crippen molar-refractivity contribution in [2.45, 2.75) is 132 Å². The Morgan fingerprint density at radius 3 is 2.37 bits per heavy atom. The Kier molecular flexibility index (Phi) is 7.21. The number of rotatable bonds is 6. The predicted octanol–water partition coefficient (Wildman–Crippen LogP) is 8.24. The zero-order valence-corrected chi connectivity index (χ0v) is 24.0. The van der Waals surface area contributed by atoms with E-state index in [1.165, 1.54) is 44.9 Å². The molecule has 0 spiro atoms. The van der Waals surface area contributed by atoms with Crippen molar-refractivity contribution in [1.29, 1.82) is 0 Å². The highest BCUT2D eigenvalue weighted by atomic mass is 16.5. The first-order valence-electron chi connectivity index (χ1n) is 15.4. The SMILES string of the molecule is [2H][C@@H]1C[C@@]2(C)[C@H](CC1=O)[C@H](OC(=O)C(C)(C)C)C[C@@H]1[C@@H]2CC[C@]2(C)[C@@H]([C@H](C)CCCC(C)C)CC[C@@H]12. The van der Waals surface area contributed by atoms with E-state index in [0.717, 1.165) is 24.2 Å². The Hall–Kier alpha value is -0.860. The van der Waals surface area contributed by atoms with E-state index in [1.54, 1.807) is 0 Å². The number of carbonyl (C=O) groups is 2. The third kappa shape index (κ3) is 5.00. The van der Waals surface area contributed by atoms with Crippen molar-refractivity contribution < 1.29 is 15.7 Å². The fourth-order valence-corrected chi connectivity index (χ4v) is 9.34. The molecule has 10 atom stereocenters. The number of ether oxygens (including phenoxy) is 1. The van der Waals surface area contributed by atoms with Crippen LogP contribution in [0.4, 0.5) is 0 Å². The average Bonchev–Trinajstić information content (AvgIpc) is 3.12. The summed E-state index contributed by atoms with van der Waals surface area (Å²) >= 11 is 0. The summed E-state index contributed by atoms with van der Waals surface area (Å²) in [6.07, 6.45) is 10.3. The number of Topliss-reactive ketones (excluding diaryl/α,β-unsaturated/α-hetero) is 1. The maximum Gasteiger partial charge on any atom is 0.311 e. The molecule has 0 heterocycles. The van der Waals surface area contributed by atoms with Crippen LogP contribution in [0.2, 0.25) is 0 Å². The van der Waals surface area contributed by atoms with Crippen LogP contribution in [0, 0.1) is 57.7 Å². The Bertz CT molecular complexity index is 830. The molecule has 200 valence electrons. The van der Waals surface area contributed by atoms with Gasteiger partial charge in [-0.1, -0.05) is 53.9 Å². The summed E-state index contributed by atoms with van der Waals surface area (Å²) in [5.74, 6) is 4.05. The van der Waals surface area contributed by atoms with Gasteiger partial charge >= 0.3 is 5.97 Å². The van der Waals surface area contributed by atoms with Crippen LogP contribution in [0.5, 0.6) is 0 Å². The van der Waals surface area contributed by atoms with Crippen LogP contribution in [0.1, 0.15) is 127 Å². The van der Waals surface area contributed by atoms with Crippen molar-refractivity contribution in [3.05, 3.63) is 0 Å². The molecule has 0 saturated heterocycles. The minimum absolute atomic E-state index is 0.0459. The summed E-state index contributed by atoms with van der Waals surface area (Å²) in [6.45, 7) is 17.9. The van der Waals surface area contributed by atoms with Crippen molar-refractivity contribution in [2.24, 2.45) is 57.7 Å². The van der Waals surface area contributed by atoms with E-state index >= 15 is 0 Å². The zero-order valence-electron chi connectivity index (χ0n) is 25.0. The highest BCUT2D eigenvalue weighted by molar-refractivity contribution is 5.80. The lowest BCUT2D eigenvalue weighted by Crippen LogP contribution is -2.59. The Labute approximate surface area is 217 Å². The van der Waals surface area contributed by atoms with Crippen LogP contribution in [-0.4, -0.2) is 17.9 Å². The van der Waals surface area contributed by atoms with E-state index in [4.69, 9.17) is 6.11 Å². The summed E-state index contributed by atoms with van der Waals surface area (Å²) in [4.78, 5) is 25.8. The van der Waals surface area contributed by atoms with Crippen LogP contribution in [0.25, 0.3) is 0 Å². The number of fused-ring (bicyclic) bond motifs is 5. The van der Waals surface area contributed by atoms with Gasteiger partial charge in [0.2, 0.25) is 0 Å². The standard InChI is InChI=1S/C32H54O3/c1-20(2)10-9-11-21(3)24-12-13-25-23-19-28(35-29(34)30(4,5)6)27-18-22(33)14-16-32(27,8)26(23)15-17-31(24,25)7/h20-21,23-28H,9-19H2,1-8H3/t21-,23+,24-,25+,26+,27-,28-,31-,32-/m1/s1/i14D/t14-,21-,23+,24-,25+,26+,27-,28-,31-,32-. The van der Waals surface area contributed by atoms with Crippen LogP contribution < -0.4 is 0 Å². The van der Waals surface area contributed by atoms with Crippen molar-refractivity contribution in [1.82, 2.24) is 0 Å². The number of hydrogen-bond donors (Lipinski definition) is 0. The molecule has 0 N–H and O–H groups in total. The molecular weight excluding hydrogens is 432 g/mol. The third-order valence-corrected chi connectivity index (χ3v) is 11.3. The van der Waals surface area contributed by atoms with Crippen LogP contribution in [-0.2, 0) is 14.3 Å². The van der Waals surface area contributed by atoms with E-state index in [1.807, 2.05) is 20.8 Å². The van der Waals surface area contributed by atoms with E-state index in [-0.39, 0.29) is 29.2 Å². The molecule has 0 radical (unpaired) electrons. The lowest BCUT2D eigenvalue weighted by Gasteiger charge is -2.62. The smallest absolute Gasteiger partial charge is 0.311 e. The van der Waals surface area contributed by atoms with Gasteiger partial charge in [-0.25, -0.2) is 0 Å². The van der Waals surface area contributed by atoms with Crippen molar-refractivity contribution in [2.75, 3.05) is 0 Å². The van der Waals surface area contributed by atoms with Gasteiger partial charge in [-0.2, -0.15) is 0 Å². The zero-order chi connectivity index (χ0) is 26.6. The predicted molar refractivity (Wildman–Crippen MR) is 143 cm³/mol. The molecule has 0 amide bonds. The monoisotopic (exact) mass is 487 g/mol. The molecule has 4 aliphatic rings. The third-order valence-electron chi connectivity index (χ3n) is 11.3. The molecule has 4 aliphatic carbocycles. The average molecular weight is 488 g/mol. The molecule has 0 aliphatic heterocycles. The van der Waals surface area contributed by atoms with E-state index in [2.05, 4.69) is 34.6 Å². The van der Waals surface area contributed by atoms with E-state index in [0.29, 0.717) is 36.0 Å². The largest absolute Gasteiger partial charge is 0.462 e. The van der Waals surface area contributed by atoms with Crippen LogP contribution in [0.3, 0.4) is 0 Å². The lowest BCUT2D eigenvalue weighted by molar-refractivity contribution is -0.193. The molecule has 3 heteroatoms. The molecule has 0 unspecified atom stereocenters. The Morgan fingerprint density at radius 1 is 1.03 bits per heavy atom. The first-order chi connectivity index (χ1) is 16.7. The molecule has 0 aromatic heterocycles. The molecule has 35 heavy (non-hydrogen) atoms. The van der Waals surface area contributed by atoms with Gasteiger partial charge in [-0.15, -0.1) is 0 Å². The van der Waals surface area contributed by atoms with E-state index < -0.39 is 11.8 Å². The van der Waals surface area contributed by atoms with Gasteiger partial charge in [-0.3, -0.25) is 9.59 Å². The maximum absolute atomic E-state index is 13.1. The summed E-state index contributed by atoms with van der Waals surface area (Å²) in [5, 5.41) is 0. The fraction of sp³-hybridized carbons (Fsp3) is 0.938. The second kappa shape index (κ2) is 9.79. The van der Waals surface area contributed by atoms with Crippen molar-refractivity contribution in [3.8, 4) is 0 Å². The molecule has 4 saturated carbocycles. The molecule has 3 nitrogen and oxygen atoms in total. The first kappa shape index (κ1) is 25.8. The molecule has 0 aromatic carbocycles. The number of hydrogen-bond acceptors (Lipinski definition) is 3.